The molecule has 1 aromatic carbocycles. The van der Waals surface area contributed by atoms with Crippen LogP contribution in [-0.4, -0.2) is 12.0 Å². The van der Waals surface area contributed by atoms with Crippen molar-refractivity contribution in [3.05, 3.63) is 29.0 Å². The number of hydrazine groups is 1. The van der Waals surface area contributed by atoms with Crippen molar-refractivity contribution in [2.45, 2.75) is 13.0 Å². The lowest BCUT2D eigenvalue weighted by molar-refractivity contribution is -0.127. The standard InChI is InChI=1S/C9H10ClFN2O2/c1-5(9(14)13-12)15-6-2-3-7(10)8(11)4-6/h2-5H,12H2,1H3,(H,13,14). The van der Waals surface area contributed by atoms with E-state index >= 15 is 0 Å². The molecular formula is C9H10ClFN2O2. The van der Waals surface area contributed by atoms with Crippen LogP contribution in [0.5, 0.6) is 5.75 Å². The number of ether oxygens (including phenoxy) is 1. The van der Waals surface area contributed by atoms with Crippen LogP contribution < -0.4 is 16.0 Å². The number of carbonyl (C=O) groups is 1. The molecule has 1 amide bonds. The van der Waals surface area contributed by atoms with Gasteiger partial charge in [0.05, 0.1) is 5.02 Å². The van der Waals surface area contributed by atoms with E-state index in [9.17, 15) is 9.18 Å². The Labute approximate surface area is 91.1 Å². The maximum absolute atomic E-state index is 13.0. The first-order valence-corrected chi connectivity index (χ1v) is 4.54. The molecule has 0 fully saturated rings. The van der Waals surface area contributed by atoms with E-state index in [1.807, 2.05) is 5.43 Å². The molecule has 1 unspecified atom stereocenters. The topological polar surface area (TPSA) is 64.3 Å². The lowest BCUT2D eigenvalue weighted by atomic mass is 10.3. The van der Waals surface area contributed by atoms with Crippen molar-refractivity contribution >= 4 is 17.5 Å². The van der Waals surface area contributed by atoms with Gasteiger partial charge in [-0.05, 0) is 19.1 Å². The summed E-state index contributed by atoms with van der Waals surface area (Å²) in [6, 6.07) is 3.91. The van der Waals surface area contributed by atoms with E-state index in [0.717, 1.165) is 6.07 Å². The van der Waals surface area contributed by atoms with Gasteiger partial charge in [0.2, 0.25) is 0 Å². The van der Waals surface area contributed by atoms with E-state index in [-0.39, 0.29) is 10.8 Å². The average molecular weight is 233 g/mol. The van der Waals surface area contributed by atoms with Crippen LogP contribution in [0.4, 0.5) is 4.39 Å². The van der Waals surface area contributed by atoms with Crippen molar-refractivity contribution in [3.8, 4) is 5.75 Å². The molecule has 1 atom stereocenters. The molecule has 1 aromatic rings. The van der Waals surface area contributed by atoms with Gasteiger partial charge in [0, 0.05) is 6.07 Å². The molecule has 15 heavy (non-hydrogen) atoms. The first kappa shape index (κ1) is 11.7. The minimum absolute atomic E-state index is 0.00159. The van der Waals surface area contributed by atoms with E-state index < -0.39 is 17.8 Å². The summed E-state index contributed by atoms with van der Waals surface area (Å²) in [6.07, 6.45) is -0.796. The molecule has 0 saturated carbocycles. The fourth-order valence-corrected chi connectivity index (χ4v) is 1.04. The molecule has 0 aliphatic rings. The number of amides is 1. The molecule has 0 heterocycles. The van der Waals surface area contributed by atoms with Crippen molar-refractivity contribution in [3.63, 3.8) is 0 Å². The Bertz CT molecular complexity index is 373. The fraction of sp³-hybridized carbons (Fsp3) is 0.222. The zero-order valence-corrected chi connectivity index (χ0v) is 8.72. The molecule has 0 bridgehead atoms. The summed E-state index contributed by atoms with van der Waals surface area (Å²) >= 11 is 5.48. The first-order chi connectivity index (χ1) is 7.04. The van der Waals surface area contributed by atoms with Crippen LogP contribution >= 0.6 is 11.6 Å². The van der Waals surface area contributed by atoms with Crippen molar-refractivity contribution in [1.29, 1.82) is 0 Å². The number of nitrogens with two attached hydrogens (primary N) is 1. The maximum atomic E-state index is 13.0. The van der Waals surface area contributed by atoms with Gasteiger partial charge in [-0.2, -0.15) is 0 Å². The van der Waals surface area contributed by atoms with Crippen LogP contribution in [0.25, 0.3) is 0 Å². The summed E-state index contributed by atoms with van der Waals surface area (Å²) < 4.78 is 18.1. The molecule has 3 N–H and O–H groups in total. The SMILES string of the molecule is CC(Oc1ccc(Cl)c(F)c1)C(=O)NN. The number of rotatable bonds is 3. The summed E-state index contributed by atoms with van der Waals surface area (Å²) in [5, 5.41) is -0.00159. The molecule has 0 radical (unpaired) electrons. The highest BCUT2D eigenvalue weighted by Crippen LogP contribution is 2.21. The average Bonchev–Trinajstić information content (AvgIpc) is 2.22. The second kappa shape index (κ2) is 4.95. The Morgan fingerprint density at radius 2 is 2.33 bits per heavy atom. The molecule has 6 heteroatoms. The Hall–Kier alpha value is -1.33. The first-order valence-electron chi connectivity index (χ1n) is 4.16. The molecule has 0 saturated heterocycles. The Balaban J connectivity index is 2.73. The van der Waals surface area contributed by atoms with Gasteiger partial charge in [-0.1, -0.05) is 11.6 Å². The zero-order valence-electron chi connectivity index (χ0n) is 7.96. The van der Waals surface area contributed by atoms with Crippen LogP contribution in [0.3, 0.4) is 0 Å². The summed E-state index contributed by atoms with van der Waals surface area (Å²) in [7, 11) is 0. The smallest absolute Gasteiger partial charge is 0.274 e. The van der Waals surface area contributed by atoms with Crippen LogP contribution in [0.15, 0.2) is 18.2 Å². The lowest BCUT2D eigenvalue weighted by Gasteiger charge is -2.12. The normalized spacial score (nSPS) is 12.0. The monoisotopic (exact) mass is 232 g/mol. The van der Waals surface area contributed by atoms with Crippen LogP contribution in [0.2, 0.25) is 5.02 Å². The Kier molecular flexibility index (Phi) is 3.88. The Morgan fingerprint density at radius 1 is 1.67 bits per heavy atom. The molecule has 0 spiro atoms. The summed E-state index contributed by atoms with van der Waals surface area (Å²) in [6.45, 7) is 1.49. The van der Waals surface area contributed by atoms with E-state index in [2.05, 4.69) is 0 Å². The fourth-order valence-electron chi connectivity index (χ4n) is 0.925. The maximum Gasteiger partial charge on any atom is 0.274 e. The molecule has 4 nitrogen and oxygen atoms in total. The Morgan fingerprint density at radius 3 is 2.87 bits per heavy atom. The van der Waals surface area contributed by atoms with Crippen molar-refractivity contribution in [2.24, 2.45) is 5.84 Å². The predicted molar refractivity (Wildman–Crippen MR) is 53.8 cm³/mol. The van der Waals surface area contributed by atoms with Gasteiger partial charge in [0.15, 0.2) is 6.10 Å². The van der Waals surface area contributed by atoms with Gasteiger partial charge in [-0.25, -0.2) is 10.2 Å². The van der Waals surface area contributed by atoms with E-state index in [1.54, 1.807) is 0 Å². The minimum Gasteiger partial charge on any atom is -0.481 e. The van der Waals surface area contributed by atoms with Crippen LogP contribution in [0.1, 0.15) is 6.92 Å². The van der Waals surface area contributed by atoms with Crippen molar-refractivity contribution in [2.75, 3.05) is 0 Å². The third-order valence-corrected chi connectivity index (χ3v) is 2.02. The lowest BCUT2D eigenvalue weighted by Crippen LogP contribution is -2.40. The van der Waals surface area contributed by atoms with Gasteiger partial charge in [0.25, 0.3) is 5.91 Å². The second-order valence-electron chi connectivity index (χ2n) is 2.84. The molecular weight excluding hydrogens is 223 g/mol. The molecule has 0 aromatic heterocycles. The largest absolute Gasteiger partial charge is 0.481 e. The second-order valence-corrected chi connectivity index (χ2v) is 3.25. The van der Waals surface area contributed by atoms with E-state index in [1.165, 1.54) is 19.1 Å². The molecule has 0 aliphatic carbocycles. The predicted octanol–water partition coefficient (Wildman–Crippen LogP) is 1.24. The van der Waals surface area contributed by atoms with Crippen molar-refractivity contribution < 1.29 is 13.9 Å². The number of halogens is 2. The van der Waals surface area contributed by atoms with E-state index in [0.29, 0.717) is 0 Å². The zero-order chi connectivity index (χ0) is 11.4. The van der Waals surface area contributed by atoms with Gasteiger partial charge in [0.1, 0.15) is 11.6 Å². The summed E-state index contributed by atoms with van der Waals surface area (Å²) in [4.78, 5) is 11.0. The number of carbonyl (C=O) groups excluding carboxylic acids is 1. The molecule has 82 valence electrons. The number of hydrogen-bond donors (Lipinski definition) is 2. The molecule has 0 aliphatic heterocycles. The van der Waals surface area contributed by atoms with Gasteiger partial charge >= 0.3 is 0 Å². The summed E-state index contributed by atoms with van der Waals surface area (Å²) in [5.74, 6) is 4.02. The van der Waals surface area contributed by atoms with Gasteiger partial charge in [-0.3, -0.25) is 10.2 Å². The highest BCUT2D eigenvalue weighted by molar-refractivity contribution is 6.30. The van der Waals surface area contributed by atoms with Crippen molar-refractivity contribution in [1.82, 2.24) is 5.43 Å². The third-order valence-electron chi connectivity index (χ3n) is 1.72. The third kappa shape index (κ3) is 3.07. The summed E-state index contributed by atoms with van der Waals surface area (Å²) in [5.41, 5.74) is 1.93. The number of hydrogen-bond acceptors (Lipinski definition) is 3. The number of nitrogens with one attached hydrogen (secondary N) is 1. The quantitative estimate of drug-likeness (QED) is 0.468. The van der Waals surface area contributed by atoms with E-state index in [4.69, 9.17) is 22.2 Å². The minimum atomic E-state index is -0.796. The highest BCUT2D eigenvalue weighted by Gasteiger charge is 2.13. The van der Waals surface area contributed by atoms with Gasteiger partial charge < -0.3 is 4.74 Å². The van der Waals surface area contributed by atoms with Crippen LogP contribution in [-0.2, 0) is 4.79 Å². The van der Waals surface area contributed by atoms with Gasteiger partial charge in [-0.15, -0.1) is 0 Å². The van der Waals surface area contributed by atoms with Crippen LogP contribution in [0, 0.1) is 5.82 Å². The highest BCUT2D eigenvalue weighted by atomic mass is 35.5. The molecule has 1 rings (SSSR count). The number of benzene rings is 1.